The van der Waals surface area contributed by atoms with Crippen LogP contribution in [0.4, 0.5) is 24.5 Å². The third-order valence-electron chi connectivity index (χ3n) is 8.94. The highest BCUT2D eigenvalue weighted by Crippen LogP contribution is 2.65. The lowest BCUT2D eigenvalue weighted by Crippen LogP contribution is -2.57. The summed E-state index contributed by atoms with van der Waals surface area (Å²) in [5, 5.41) is 15.4. The molecule has 1 unspecified atom stereocenters. The number of benzene rings is 3. The van der Waals surface area contributed by atoms with Crippen molar-refractivity contribution >= 4 is 22.1 Å². The predicted octanol–water partition coefficient (Wildman–Crippen LogP) is 8.19. The molecule has 1 aliphatic heterocycles. The minimum atomic E-state index is -4.48. The highest BCUT2D eigenvalue weighted by atomic mass is 19.4. The van der Waals surface area contributed by atoms with Crippen LogP contribution in [0.25, 0.3) is 21.9 Å². The number of phenolic OH excluding ortho intramolecular Hbond substituents is 1. The molecule has 0 saturated heterocycles. The summed E-state index contributed by atoms with van der Waals surface area (Å²) >= 11 is 0. The molecule has 1 saturated carbocycles. The SMILES string of the molecule is CN1c2cc3c4c(cc(O)c3cc2NC1(C)C(F)(F)F)C1(CC(C)(C)CC(C)(C)C1)c1ccccc1-4. The molecule has 36 heavy (non-hydrogen) atoms. The fourth-order valence-electron chi connectivity index (χ4n) is 8.09. The third kappa shape index (κ3) is 2.93. The van der Waals surface area contributed by atoms with E-state index in [2.05, 4.69) is 51.2 Å². The van der Waals surface area contributed by atoms with Crippen molar-refractivity contribution < 1.29 is 18.3 Å². The van der Waals surface area contributed by atoms with Gasteiger partial charge in [0.15, 0.2) is 0 Å². The van der Waals surface area contributed by atoms with Gasteiger partial charge in [0.2, 0.25) is 5.66 Å². The standard InChI is InChI=1S/C30H33F3N2O/c1-26(2)14-27(3,4)16-29(15-26)20-10-8-7-9-17(20)25-19-12-23-22(11-18(19)24(36)13-21(25)29)34-28(5,35(23)6)30(31,32)33/h7-13,34,36H,14-16H2,1-6H3. The normalized spacial score (nSPS) is 25.0. The lowest BCUT2D eigenvalue weighted by Gasteiger charge is -2.51. The summed E-state index contributed by atoms with van der Waals surface area (Å²) in [7, 11) is 1.47. The zero-order valence-corrected chi connectivity index (χ0v) is 21.7. The molecule has 1 atom stereocenters. The molecule has 2 N–H and O–H groups in total. The smallest absolute Gasteiger partial charge is 0.430 e. The Morgan fingerprint density at radius 2 is 1.50 bits per heavy atom. The molecule has 1 fully saturated rings. The Balaban J connectivity index is 1.66. The van der Waals surface area contributed by atoms with E-state index in [1.165, 1.54) is 17.5 Å². The van der Waals surface area contributed by atoms with Gasteiger partial charge >= 0.3 is 6.18 Å². The number of hydrogen-bond donors (Lipinski definition) is 2. The lowest BCUT2D eigenvalue weighted by molar-refractivity contribution is -0.171. The number of halogens is 3. The van der Waals surface area contributed by atoms with Crippen LogP contribution in [0.15, 0.2) is 42.5 Å². The second-order valence-corrected chi connectivity index (χ2v) is 13.0. The van der Waals surface area contributed by atoms with Crippen LogP contribution >= 0.6 is 0 Å². The number of aromatic hydroxyl groups is 1. The van der Waals surface area contributed by atoms with E-state index < -0.39 is 11.8 Å². The van der Waals surface area contributed by atoms with Gasteiger partial charge in [-0.25, -0.2) is 0 Å². The van der Waals surface area contributed by atoms with Crippen molar-refractivity contribution in [2.45, 2.75) is 71.1 Å². The lowest BCUT2D eigenvalue weighted by atomic mass is 9.52. The Morgan fingerprint density at radius 3 is 2.14 bits per heavy atom. The molecule has 190 valence electrons. The van der Waals surface area contributed by atoms with E-state index in [0.29, 0.717) is 16.8 Å². The monoisotopic (exact) mass is 494 g/mol. The fraction of sp³-hybridized carbons (Fsp3) is 0.467. The molecule has 3 aliphatic rings. The molecular formula is C30H33F3N2O. The summed E-state index contributed by atoms with van der Waals surface area (Å²) in [6.45, 7) is 10.4. The third-order valence-corrected chi connectivity index (χ3v) is 8.94. The molecule has 3 aromatic carbocycles. The Bertz CT molecular complexity index is 1420. The van der Waals surface area contributed by atoms with Gasteiger partial charge in [0.1, 0.15) is 5.75 Å². The fourth-order valence-corrected chi connectivity index (χ4v) is 8.09. The predicted molar refractivity (Wildman–Crippen MR) is 140 cm³/mol. The summed E-state index contributed by atoms with van der Waals surface area (Å²) in [5.74, 6) is 0.116. The first-order chi connectivity index (χ1) is 16.6. The van der Waals surface area contributed by atoms with Crippen molar-refractivity contribution in [2.24, 2.45) is 10.8 Å². The summed E-state index contributed by atoms with van der Waals surface area (Å²) < 4.78 is 42.1. The molecule has 0 amide bonds. The number of hydrogen-bond acceptors (Lipinski definition) is 3. The zero-order valence-electron chi connectivity index (χ0n) is 21.7. The minimum absolute atomic E-state index is 0.0949. The maximum atomic E-state index is 14.0. The zero-order chi connectivity index (χ0) is 26.1. The van der Waals surface area contributed by atoms with Gasteiger partial charge in [0.25, 0.3) is 0 Å². The molecule has 6 heteroatoms. The van der Waals surface area contributed by atoms with Crippen molar-refractivity contribution in [1.29, 1.82) is 0 Å². The quantitative estimate of drug-likeness (QED) is 0.331. The molecule has 2 aliphatic carbocycles. The van der Waals surface area contributed by atoms with E-state index >= 15 is 0 Å². The van der Waals surface area contributed by atoms with Gasteiger partial charge < -0.3 is 15.3 Å². The molecule has 3 nitrogen and oxygen atoms in total. The first kappa shape index (κ1) is 23.5. The number of alkyl halides is 3. The number of fused-ring (bicyclic) bond motifs is 8. The summed E-state index contributed by atoms with van der Waals surface area (Å²) in [6, 6.07) is 13.8. The van der Waals surface area contributed by atoms with Crippen molar-refractivity contribution in [3.63, 3.8) is 0 Å². The van der Waals surface area contributed by atoms with Gasteiger partial charge in [0, 0.05) is 17.8 Å². The van der Waals surface area contributed by atoms with Crippen LogP contribution in [0.2, 0.25) is 0 Å². The Hall–Kier alpha value is -2.89. The largest absolute Gasteiger partial charge is 0.507 e. The van der Waals surface area contributed by atoms with Gasteiger partial charge in [-0.3, -0.25) is 0 Å². The average Bonchev–Trinajstić information content (AvgIpc) is 3.14. The second kappa shape index (κ2) is 6.70. The molecule has 1 spiro atoms. The molecule has 1 heterocycles. The Morgan fingerprint density at radius 1 is 0.861 bits per heavy atom. The van der Waals surface area contributed by atoms with Crippen molar-refractivity contribution in [3.05, 3.63) is 53.6 Å². The molecule has 0 radical (unpaired) electrons. The van der Waals surface area contributed by atoms with Gasteiger partial charge in [-0.15, -0.1) is 0 Å². The minimum Gasteiger partial charge on any atom is -0.507 e. The van der Waals surface area contributed by atoms with Gasteiger partial charge in [-0.05, 0) is 82.9 Å². The van der Waals surface area contributed by atoms with Crippen molar-refractivity contribution in [3.8, 4) is 16.9 Å². The molecular weight excluding hydrogens is 461 g/mol. The van der Waals surface area contributed by atoms with Gasteiger partial charge in [0.05, 0.1) is 11.4 Å². The number of nitrogens with zero attached hydrogens (tertiary/aromatic N) is 1. The number of phenols is 1. The molecule has 0 aromatic heterocycles. The topological polar surface area (TPSA) is 35.5 Å². The van der Waals surface area contributed by atoms with E-state index in [1.54, 1.807) is 6.07 Å². The van der Waals surface area contributed by atoms with Crippen LogP contribution in [-0.4, -0.2) is 24.0 Å². The Kier molecular flexibility index (Phi) is 4.37. The number of nitrogens with one attached hydrogen (secondary N) is 1. The molecule has 6 rings (SSSR count). The maximum Gasteiger partial charge on any atom is 0.430 e. The average molecular weight is 495 g/mol. The summed E-state index contributed by atoms with van der Waals surface area (Å²) in [4.78, 5) is 1.27. The highest BCUT2D eigenvalue weighted by Gasteiger charge is 2.58. The summed E-state index contributed by atoms with van der Waals surface area (Å²) in [5.41, 5.74) is 3.10. The number of rotatable bonds is 0. The van der Waals surface area contributed by atoms with Crippen LogP contribution in [0.5, 0.6) is 5.75 Å². The van der Waals surface area contributed by atoms with Crippen LogP contribution in [0.3, 0.4) is 0 Å². The van der Waals surface area contributed by atoms with E-state index in [4.69, 9.17) is 0 Å². The van der Waals surface area contributed by atoms with Crippen LogP contribution < -0.4 is 10.2 Å². The second-order valence-electron chi connectivity index (χ2n) is 13.0. The van der Waals surface area contributed by atoms with E-state index in [1.807, 2.05) is 18.2 Å². The van der Waals surface area contributed by atoms with E-state index in [9.17, 15) is 18.3 Å². The van der Waals surface area contributed by atoms with E-state index in [-0.39, 0.29) is 22.0 Å². The Labute approximate surface area is 210 Å². The first-order valence-corrected chi connectivity index (χ1v) is 12.6. The van der Waals surface area contributed by atoms with Crippen molar-refractivity contribution in [2.75, 3.05) is 17.3 Å². The van der Waals surface area contributed by atoms with Crippen molar-refractivity contribution in [1.82, 2.24) is 0 Å². The molecule has 0 bridgehead atoms. The van der Waals surface area contributed by atoms with Gasteiger partial charge in [-0.1, -0.05) is 52.0 Å². The maximum absolute atomic E-state index is 14.0. The van der Waals surface area contributed by atoms with Crippen LogP contribution in [0, 0.1) is 10.8 Å². The summed E-state index contributed by atoms with van der Waals surface area (Å²) in [6.07, 6.45) is -1.46. The molecule has 3 aromatic rings. The first-order valence-electron chi connectivity index (χ1n) is 12.6. The van der Waals surface area contributed by atoms with E-state index in [0.717, 1.165) is 48.3 Å². The van der Waals surface area contributed by atoms with Gasteiger partial charge in [-0.2, -0.15) is 13.2 Å². The van der Waals surface area contributed by atoms with Crippen LogP contribution in [0.1, 0.15) is 65.0 Å². The van der Waals surface area contributed by atoms with Crippen LogP contribution in [-0.2, 0) is 5.41 Å². The highest BCUT2D eigenvalue weighted by molar-refractivity contribution is 6.09. The number of anilines is 2.